The molecule has 0 saturated carbocycles. The first kappa shape index (κ1) is 15.7. The molecule has 108 valence electrons. The van der Waals surface area contributed by atoms with Crippen LogP contribution in [-0.2, 0) is 0 Å². The minimum absolute atomic E-state index is 0.128. The van der Waals surface area contributed by atoms with Gasteiger partial charge in [0.15, 0.2) is 0 Å². The second-order valence-electron chi connectivity index (χ2n) is 4.11. The molecular formula is C13H21NO5. The van der Waals surface area contributed by atoms with E-state index in [0.717, 1.165) is 5.75 Å². The van der Waals surface area contributed by atoms with Gasteiger partial charge in [0, 0.05) is 6.54 Å². The normalized spacial score (nSPS) is 12.5. The van der Waals surface area contributed by atoms with Gasteiger partial charge >= 0.3 is 0 Å². The quantitative estimate of drug-likeness (QED) is 0.478. The number of methoxy groups -OCH3 is 1. The molecule has 6 heteroatoms. The Hall–Kier alpha value is -1.34. The topological polar surface area (TPSA) is 91.2 Å². The van der Waals surface area contributed by atoms with Crippen molar-refractivity contribution in [3.05, 3.63) is 24.3 Å². The maximum absolute atomic E-state index is 9.68. The largest absolute Gasteiger partial charge is 0.497 e. The van der Waals surface area contributed by atoms with E-state index < -0.39 is 12.1 Å². The van der Waals surface area contributed by atoms with Gasteiger partial charge in [-0.15, -0.1) is 0 Å². The van der Waals surface area contributed by atoms with E-state index in [0.29, 0.717) is 5.75 Å². The van der Waals surface area contributed by atoms with Crippen molar-refractivity contribution in [3.8, 4) is 11.5 Å². The molecule has 6 nitrogen and oxygen atoms in total. The van der Waals surface area contributed by atoms with E-state index in [2.05, 4.69) is 5.32 Å². The Bertz CT molecular complexity index is 339. The van der Waals surface area contributed by atoms with Crippen molar-refractivity contribution in [3.63, 3.8) is 0 Å². The smallest absolute Gasteiger partial charge is 0.119 e. The third kappa shape index (κ3) is 5.89. The average Bonchev–Trinajstić information content (AvgIpc) is 2.46. The zero-order chi connectivity index (χ0) is 14.1. The van der Waals surface area contributed by atoms with Crippen LogP contribution in [0.5, 0.6) is 11.5 Å². The van der Waals surface area contributed by atoms with Crippen molar-refractivity contribution >= 4 is 0 Å². The van der Waals surface area contributed by atoms with Gasteiger partial charge in [0.1, 0.15) is 24.2 Å². The van der Waals surface area contributed by atoms with E-state index in [1.807, 2.05) is 0 Å². The molecule has 0 spiro atoms. The summed E-state index contributed by atoms with van der Waals surface area (Å²) in [7, 11) is 1.59. The molecule has 0 fully saturated rings. The van der Waals surface area contributed by atoms with Crippen LogP contribution >= 0.6 is 0 Å². The number of ether oxygens (including phenoxy) is 2. The molecule has 1 unspecified atom stereocenters. The summed E-state index contributed by atoms with van der Waals surface area (Å²) in [6, 6.07) is 6.63. The molecule has 0 heterocycles. The maximum atomic E-state index is 9.68. The van der Waals surface area contributed by atoms with Crippen molar-refractivity contribution in [2.45, 2.75) is 12.1 Å². The number of rotatable bonds is 9. The Morgan fingerprint density at radius 3 is 2.21 bits per heavy atom. The number of hydrogen-bond donors (Lipinski definition) is 4. The van der Waals surface area contributed by atoms with E-state index >= 15 is 0 Å². The summed E-state index contributed by atoms with van der Waals surface area (Å²) in [5.41, 5.74) is 0. The molecule has 1 aromatic carbocycles. The Morgan fingerprint density at radius 1 is 1.11 bits per heavy atom. The molecule has 1 aromatic rings. The summed E-state index contributed by atoms with van der Waals surface area (Å²) < 4.78 is 10.4. The van der Waals surface area contributed by atoms with Crippen LogP contribution in [0.25, 0.3) is 0 Å². The van der Waals surface area contributed by atoms with E-state index in [-0.39, 0.29) is 26.4 Å². The maximum Gasteiger partial charge on any atom is 0.119 e. The van der Waals surface area contributed by atoms with Crippen LogP contribution in [0.3, 0.4) is 0 Å². The van der Waals surface area contributed by atoms with Gasteiger partial charge in [-0.25, -0.2) is 0 Å². The standard InChI is InChI=1S/C13H21NO5/c1-18-12-2-4-13(5-3-12)19-9-11(17)6-14-10(7-15)8-16/h2-5,10-11,14-17H,6-9H2,1H3. The Balaban J connectivity index is 2.27. The minimum Gasteiger partial charge on any atom is -0.497 e. The molecular weight excluding hydrogens is 250 g/mol. The minimum atomic E-state index is -0.720. The highest BCUT2D eigenvalue weighted by Crippen LogP contribution is 2.16. The molecule has 0 bridgehead atoms. The van der Waals surface area contributed by atoms with Crippen LogP contribution in [0.4, 0.5) is 0 Å². The van der Waals surface area contributed by atoms with Crippen molar-refractivity contribution in [2.75, 3.05) is 33.5 Å². The lowest BCUT2D eigenvalue weighted by atomic mass is 10.3. The van der Waals surface area contributed by atoms with Crippen molar-refractivity contribution in [2.24, 2.45) is 0 Å². The molecule has 19 heavy (non-hydrogen) atoms. The van der Waals surface area contributed by atoms with Gasteiger partial charge in [0.05, 0.1) is 26.4 Å². The molecule has 0 radical (unpaired) electrons. The third-order valence-corrected chi connectivity index (χ3v) is 2.58. The van der Waals surface area contributed by atoms with Gasteiger partial charge in [-0.3, -0.25) is 0 Å². The SMILES string of the molecule is COc1ccc(OCC(O)CNC(CO)CO)cc1. The predicted octanol–water partition coefficient (Wildman–Crippen LogP) is -0.622. The second-order valence-corrected chi connectivity index (χ2v) is 4.11. The molecule has 1 atom stereocenters. The summed E-state index contributed by atoms with van der Waals surface area (Å²) >= 11 is 0. The van der Waals surface area contributed by atoms with Crippen LogP contribution in [-0.4, -0.2) is 60.9 Å². The average molecular weight is 271 g/mol. The lowest BCUT2D eigenvalue weighted by molar-refractivity contribution is 0.0929. The lowest BCUT2D eigenvalue weighted by Gasteiger charge is -2.17. The highest BCUT2D eigenvalue weighted by Gasteiger charge is 2.09. The molecule has 0 aliphatic carbocycles. The van der Waals surface area contributed by atoms with Crippen LogP contribution in [0.1, 0.15) is 0 Å². The van der Waals surface area contributed by atoms with Crippen molar-refractivity contribution < 1.29 is 24.8 Å². The highest BCUT2D eigenvalue weighted by molar-refractivity contribution is 5.31. The van der Waals surface area contributed by atoms with Crippen LogP contribution in [0.2, 0.25) is 0 Å². The fourth-order valence-electron chi connectivity index (χ4n) is 1.41. The molecule has 0 aliphatic heterocycles. The number of hydrogen-bond acceptors (Lipinski definition) is 6. The van der Waals surface area contributed by atoms with E-state index in [1.54, 1.807) is 31.4 Å². The summed E-state index contributed by atoms with van der Waals surface area (Å²) in [4.78, 5) is 0. The number of benzene rings is 1. The summed E-state index contributed by atoms with van der Waals surface area (Å²) in [6.07, 6.45) is -0.720. The monoisotopic (exact) mass is 271 g/mol. The number of aliphatic hydroxyl groups is 3. The molecule has 4 N–H and O–H groups in total. The summed E-state index contributed by atoms with van der Waals surface area (Å²) in [6.45, 7) is 0.00988. The van der Waals surface area contributed by atoms with Gasteiger partial charge < -0.3 is 30.1 Å². The Labute approximate surface area is 112 Å². The number of nitrogens with one attached hydrogen (secondary N) is 1. The van der Waals surface area contributed by atoms with Crippen molar-refractivity contribution in [1.82, 2.24) is 5.32 Å². The highest BCUT2D eigenvalue weighted by atomic mass is 16.5. The van der Waals surface area contributed by atoms with Gasteiger partial charge in [-0.05, 0) is 24.3 Å². The molecule has 0 amide bonds. The first-order valence-electron chi connectivity index (χ1n) is 6.09. The van der Waals surface area contributed by atoms with E-state index in [1.165, 1.54) is 0 Å². The molecule has 0 saturated heterocycles. The molecule has 0 aromatic heterocycles. The molecule has 1 rings (SSSR count). The third-order valence-electron chi connectivity index (χ3n) is 2.58. The van der Waals surface area contributed by atoms with Gasteiger partial charge in [0.2, 0.25) is 0 Å². The van der Waals surface area contributed by atoms with Crippen LogP contribution in [0.15, 0.2) is 24.3 Å². The Morgan fingerprint density at radius 2 is 1.68 bits per heavy atom. The van der Waals surface area contributed by atoms with E-state index in [4.69, 9.17) is 19.7 Å². The zero-order valence-corrected chi connectivity index (χ0v) is 11.0. The second kappa shape index (κ2) is 8.71. The zero-order valence-electron chi connectivity index (χ0n) is 11.0. The van der Waals surface area contributed by atoms with Gasteiger partial charge in [0.25, 0.3) is 0 Å². The van der Waals surface area contributed by atoms with Gasteiger partial charge in [-0.2, -0.15) is 0 Å². The fourth-order valence-corrected chi connectivity index (χ4v) is 1.41. The van der Waals surface area contributed by atoms with Crippen LogP contribution in [0, 0.1) is 0 Å². The first-order valence-corrected chi connectivity index (χ1v) is 6.09. The number of aliphatic hydroxyl groups excluding tert-OH is 3. The van der Waals surface area contributed by atoms with Crippen molar-refractivity contribution in [1.29, 1.82) is 0 Å². The lowest BCUT2D eigenvalue weighted by Crippen LogP contribution is -2.41. The summed E-state index contributed by atoms with van der Waals surface area (Å²) in [5, 5.41) is 30.2. The first-order chi connectivity index (χ1) is 9.19. The molecule has 0 aliphatic rings. The Kier molecular flexibility index (Phi) is 7.20. The predicted molar refractivity (Wildman–Crippen MR) is 70.5 cm³/mol. The van der Waals surface area contributed by atoms with Crippen LogP contribution < -0.4 is 14.8 Å². The van der Waals surface area contributed by atoms with Gasteiger partial charge in [-0.1, -0.05) is 0 Å². The fraction of sp³-hybridized carbons (Fsp3) is 0.538. The summed E-state index contributed by atoms with van der Waals surface area (Å²) in [5.74, 6) is 1.38. The van der Waals surface area contributed by atoms with E-state index in [9.17, 15) is 5.11 Å².